The fourth-order valence-electron chi connectivity index (χ4n) is 2.33. The maximum atomic E-state index is 13.4. The Bertz CT molecular complexity index is 819. The minimum atomic E-state index is -0.305. The molecule has 0 radical (unpaired) electrons. The molecular formula is C16H13Cl2FN2O. The van der Waals surface area contributed by atoms with Crippen molar-refractivity contribution in [2.24, 2.45) is 0 Å². The lowest BCUT2D eigenvalue weighted by Crippen LogP contribution is -2.17. The summed E-state index contributed by atoms with van der Waals surface area (Å²) in [6, 6.07) is 9.78. The van der Waals surface area contributed by atoms with Crippen LogP contribution in [0.25, 0.3) is 11.0 Å². The highest BCUT2D eigenvalue weighted by atomic mass is 35.5. The number of nitrogens with zero attached hydrogens (tertiary/aromatic N) is 2. The van der Waals surface area contributed by atoms with Crippen LogP contribution in [0, 0.1) is 5.82 Å². The zero-order chi connectivity index (χ0) is 15.7. The van der Waals surface area contributed by atoms with Crippen LogP contribution in [0.3, 0.4) is 0 Å². The molecule has 0 aliphatic heterocycles. The predicted octanol–water partition coefficient (Wildman–Crippen LogP) is 4.91. The standard InChI is InChI=1S/C16H13Cl2FN2O/c1-21(8-10-2-3-11(17)6-14(10)18)9-15-13-7-12(19)4-5-16(13)22-20-15/h2-7H,8-9H2,1H3. The largest absolute Gasteiger partial charge is 0.356 e. The van der Waals surface area contributed by atoms with Crippen molar-refractivity contribution in [1.29, 1.82) is 0 Å². The van der Waals surface area contributed by atoms with Crippen LogP contribution in [0.1, 0.15) is 11.3 Å². The van der Waals surface area contributed by atoms with E-state index >= 15 is 0 Å². The van der Waals surface area contributed by atoms with E-state index in [0.717, 1.165) is 5.56 Å². The summed E-state index contributed by atoms with van der Waals surface area (Å²) in [5.74, 6) is -0.305. The van der Waals surface area contributed by atoms with Crippen molar-refractivity contribution in [3.05, 3.63) is 63.5 Å². The van der Waals surface area contributed by atoms with Gasteiger partial charge in [0.15, 0.2) is 5.58 Å². The Morgan fingerprint density at radius 2 is 1.95 bits per heavy atom. The van der Waals surface area contributed by atoms with Crippen molar-refractivity contribution in [3.63, 3.8) is 0 Å². The van der Waals surface area contributed by atoms with E-state index in [0.29, 0.717) is 39.8 Å². The topological polar surface area (TPSA) is 29.3 Å². The first-order valence-electron chi connectivity index (χ1n) is 6.69. The lowest BCUT2D eigenvalue weighted by atomic mass is 10.2. The van der Waals surface area contributed by atoms with Gasteiger partial charge in [-0.25, -0.2) is 4.39 Å². The molecule has 0 aliphatic rings. The highest BCUT2D eigenvalue weighted by Crippen LogP contribution is 2.24. The molecule has 22 heavy (non-hydrogen) atoms. The highest BCUT2D eigenvalue weighted by molar-refractivity contribution is 6.35. The Labute approximate surface area is 137 Å². The van der Waals surface area contributed by atoms with E-state index < -0.39 is 0 Å². The van der Waals surface area contributed by atoms with Gasteiger partial charge in [0.2, 0.25) is 0 Å². The second-order valence-corrected chi connectivity index (χ2v) is 6.02. The molecule has 2 aromatic carbocycles. The minimum Gasteiger partial charge on any atom is -0.356 e. The van der Waals surface area contributed by atoms with Gasteiger partial charge in [-0.1, -0.05) is 34.4 Å². The maximum Gasteiger partial charge on any atom is 0.167 e. The van der Waals surface area contributed by atoms with E-state index in [9.17, 15) is 4.39 Å². The molecule has 3 aromatic rings. The number of halogens is 3. The summed E-state index contributed by atoms with van der Waals surface area (Å²) in [7, 11) is 1.94. The fraction of sp³-hybridized carbons (Fsp3) is 0.188. The zero-order valence-electron chi connectivity index (χ0n) is 11.8. The number of hydrogen-bond acceptors (Lipinski definition) is 3. The van der Waals surface area contributed by atoms with Crippen molar-refractivity contribution in [2.45, 2.75) is 13.1 Å². The second kappa shape index (κ2) is 6.24. The summed E-state index contributed by atoms with van der Waals surface area (Å²) >= 11 is 12.1. The summed E-state index contributed by atoms with van der Waals surface area (Å²) < 4.78 is 18.6. The Kier molecular flexibility index (Phi) is 4.34. The van der Waals surface area contributed by atoms with Crippen LogP contribution in [0.15, 0.2) is 40.9 Å². The van der Waals surface area contributed by atoms with Crippen LogP contribution in [0.4, 0.5) is 4.39 Å². The van der Waals surface area contributed by atoms with E-state index in [-0.39, 0.29) is 5.82 Å². The van der Waals surface area contributed by atoms with Gasteiger partial charge in [0.05, 0.1) is 0 Å². The van der Waals surface area contributed by atoms with Crippen LogP contribution in [-0.4, -0.2) is 17.1 Å². The van der Waals surface area contributed by atoms with Gasteiger partial charge in [-0.05, 0) is 42.9 Å². The van der Waals surface area contributed by atoms with Crippen molar-refractivity contribution >= 4 is 34.2 Å². The molecule has 0 fully saturated rings. The Hall–Kier alpha value is -1.62. The van der Waals surface area contributed by atoms with Gasteiger partial charge in [-0.3, -0.25) is 4.90 Å². The normalized spacial score (nSPS) is 11.5. The van der Waals surface area contributed by atoms with Crippen LogP contribution < -0.4 is 0 Å². The third-order valence-electron chi connectivity index (χ3n) is 3.38. The number of hydrogen-bond donors (Lipinski definition) is 0. The van der Waals surface area contributed by atoms with Gasteiger partial charge in [-0.15, -0.1) is 0 Å². The summed E-state index contributed by atoms with van der Waals surface area (Å²) in [4.78, 5) is 2.03. The molecular weight excluding hydrogens is 326 g/mol. The highest BCUT2D eigenvalue weighted by Gasteiger charge is 2.12. The minimum absolute atomic E-state index is 0.305. The van der Waals surface area contributed by atoms with Crippen LogP contribution >= 0.6 is 23.2 Å². The third kappa shape index (κ3) is 3.24. The Morgan fingerprint density at radius 3 is 2.73 bits per heavy atom. The SMILES string of the molecule is CN(Cc1ccc(Cl)cc1Cl)Cc1noc2ccc(F)cc12. The average molecular weight is 339 g/mol. The van der Waals surface area contributed by atoms with Gasteiger partial charge in [0.25, 0.3) is 0 Å². The second-order valence-electron chi connectivity index (χ2n) is 5.18. The molecule has 0 N–H and O–H groups in total. The molecule has 0 saturated carbocycles. The molecule has 3 nitrogen and oxygen atoms in total. The van der Waals surface area contributed by atoms with Gasteiger partial charge in [0, 0.05) is 28.5 Å². The molecule has 114 valence electrons. The Morgan fingerprint density at radius 1 is 1.14 bits per heavy atom. The van der Waals surface area contributed by atoms with Gasteiger partial charge >= 0.3 is 0 Å². The molecule has 1 heterocycles. The van der Waals surface area contributed by atoms with E-state index in [4.69, 9.17) is 27.7 Å². The number of aromatic nitrogens is 1. The molecule has 6 heteroatoms. The van der Waals surface area contributed by atoms with Crippen molar-refractivity contribution in [1.82, 2.24) is 10.1 Å². The number of rotatable bonds is 4. The van der Waals surface area contributed by atoms with Crippen LogP contribution in [0.5, 0.6) is 0 Å². The van der Waals surface area contributed by atoms with E-state index in [1.165, 1.54) is 12.1 Å². The molecule has 1 aromatic heterocycles. The fourth-order valence-corrected chi connectivity index (χ4v) is 2.80. The van der Waals surface area contributed by atoms with Crippen LogP contribution in [0.2, 0.25) is 10.0 Å². The first-order chi connectivity index (χ1) is 10.5. The lowest BCUT2D eigenvalue weighted by Gasteiger charge is -2.16. The van der Waals surface area contributed by atoms with E-state index in [2.05, 4.69) is 5.16 Å². The molecule has 3 rings (SSSR count). The maximum absolute atomic E-state index is 13.4. The smallest absolute Gasteiger partial charge is 0.167 e. The Balaban J connectivity index is 1.78. The quantitative estimate of drug-likeness (QED) is 0.677. The molecule has 0 aliphatic carbocycles. The first-order valence-corrected chi connectivity index (χ1v) is 7.45. The average Bonchev–Trinajstić information content (AvgIpc) is 2.84. The van der Waals surface area contributed by atoms with E-state index in [1.54, 1.807) is 18.2 Å². The van der Waals surface area contributed by atoms with Crippen molar-refractivity contribution < 1.29 is 8.91 Å². The lowest BCUT2D eigenvalue weighted by molar-refractivity contribution is 0.306. The molecule has 0 spiro atoms. The first kappa shape index (κ1) is 15.3. The summed E-state index contributed by atoms with van der Waals surface area (Å²) in [5, 5.41) is 5.93. The van der Waals surface area contributed by atoms with Gasteiger partial charge < -0.3 is 4.52 Å². The van der Waals surface area contributed by atoms with E-state index in [1.807, 2.05) is 18.0 Å². The van der Waals surface area contributed by atoms with Gasteiger partial charge in [-0.2, -0.15) is 0 Å². The summed E-state index contributed by atoms with van der Waals surface area (Å²) in [6.07, 6.45) is 0. The monoisotopic (exact) mass is 338 g/mol. The molecule has 0 bridgehead atoms. The molecule has 0 atom stereocenters. The van der Waals surface area contributed by atoms with Crippen LogP contribution in [-0.2, 0) is 13.1 Å². The third-order valence-corrected chi connectivity index (χ3v) is 3.97. The molecule has 0 saturated heterocycles. The number of benzene rings is 2. The molecule has 0 amide bonds. The summed E-state index contributed by atoms with van der Waals surface area (Å²) in [6.45, 7) is 1.15. The van der Waals surface area contributed by atoms with Crippen molar-refractivity contribution in [2.75, 3.05) is 7.05 Å². The number of fused-ring (bicyclic) bond motifs is 1. The predicted molar refractivity (Wildman–Crippen MR) is 85.6 cm³/mol. The molecule has 0 unspecified atom stereocenters. The van der Waals surface area contributed by atoms with Gasteiger partial charge in [0.1, 0.15) is 11.5 Å². The zero-order valence-corrected chi connectivity index (χ0v) is 13.3. The van der Waals surface area contributed by atoms with Crippen molar-refractivity contribution in [3.8, 4) is 0 Å². The summed E-state index contributed by atoms with van der Waals surface area (Å²) in [5.41, 5.74) is 2.24.